The van der Waals surface area contributed by atoms with Crippen molar-refractivity contribution < 1.29 is 37.4 Å². The van der Waals surface area contributed by atoms with E-state index in [1.54, 1.807) is 0 Å². The molecule has 2 rings (SSSR count). The quantitative estimate of drug-likeness (QED) is 0.708. The van der Waals surface area contributed by atoms with Gasteiger partial charge in [0.15, 0.2) is 0 Å². The van der Waals surface area contributed by atoms with Crippen molar-refractivity contribution in [1.29, 1.82) is 0 Å². The topological polar surface area (TPSA) is 9.23 Å². The van der Waals surface area contributed by atoms with Crippen LogP contribution in [0, 0.1) is 27.2 Å². The zero-order chi connectivity index (χ0) is 11.0. The molecular formula is C15H22OY-2. The molecule has 1 heterocycles. The van der Waals surface area contributed by atoms with E-state index in [0.29, 0.717) is 11.8 Å². The first-order valence-corrected chi connectivity index (χ1v) is 5.69. The molecule has 1 radical (unpaired) electrons. The third-order valence-electron chi connectivity index (χ3n) is 3.36. The summed E-state index contributed by atoms with van der Waals surface area (Å²) in [5.41, 5.74) is 3.73. The number of hydrogen-bond donors (Lipinski definition) is 0. The molecule has 0 fully saturated rings. The van der Waals surface area contributed by atoms with Gasteiger partial charge in [0.1, 0.15) is 0 Å². The van der Waals surface area contributed by atoms with Gasteiger partial charge in [0.05, 0.1) is 12.4 Å². The minimum absolute atomic E-state index is 0. The third kappa shape index (κ3) is 3.48. The van der Waals surface area contributed by atoms with Crippen molar-refractivity contribution in [3.8, 4) is 5.75 Å². The zero-order valence-corrected chi connectivity index (χ0v) is 14.3. The van der Waals surface area contributed by atoms with Gasteiger partial charge in [0.2, 0.25) is 0 Å². The largest absolute Gasteiger partial charge is 0.506 e. The van der Waals surface area contributed by atoms with E-state index in [-0.39, 0.29) is 40.1 Å². The first kappa shape index (κ1) is 17.0. The van der Waals surface area contributed by atoms with E-state index in [1.807, 2.05) is 0 Å². The second kappa shape index (κ2) is 6.80. The van der Waals surface area contributed by atoms with Gasteiger partial charge in [-0.05, 0) is 23.8 Å². The molecule has 17 heavy (non-hydrogen) atoms. The summed E-state index contributed by atoms with van der Waals surface area (Å²) in [6.07, 6.45) is 1.14. The van der Waals surface area contributed by atoms with Crippen LogP contribution in [0.4, 0.5) is 0 Å². The molecule has 0 saturated carbocycles. The van der Waals surface area contributed by atoms with Crippen LogP contribution in [0.15, 0.2) is 12.1 Å². The minimum atomic E-state index is 0. The molecule has 1 nitrogen and oxygen atoms in total. The maximum absolute atomic E-state index is 5.70. The molecule has 93 valence electrons. The average Bonchev–Trinajstić information content (AvgIpc) is 2.18. The molecule has 0 saturated heterocycles. The van der Waals surface area contributed by atoms with Crippen molar-refractivity contribution in [2.45, 2.75) is 33.1 Å². The van der Waals surface area contributed by atoms with E-state index in [4.69, 9.17) is 4.74 Å². The molecule has 0 aliphatic carbocycles. The van der Waals surface area contributed by atoms with Crippen LogP contribution in [0.3, 0.4) is 0 Å². The molecule has 1 atom stereocenters. The maximum Gasteiger partial charge on any atom is 0.0872 e. The van der Waals surface area contributed by atoms with Crippen LogP contribution in [0.1, 0.15) is 42.9 Å². The molecule has 0 N–H and O–H groups in total. The molecule has 0 spiro atoms. The monoisotopic (exact) mass is 307 g/mol. The van der Waals surface area contributed by atoms with E-state index in [9.17, 15) is 0 Å². The first-order chi connectivity index (χ1) is 7.09. The molecule has 1 aliphatic heterocycles. The Morgan fingerprint density at radius 1 is 1.35 bits per heavy atom. The van der Waals surface area contributed by atoms with Crippen LogP contribution >= 0.6 is 0 Å². The fourth-order valence-electron chi connectivity index (χ4n) is 2.31. The maximum atomic E-state index is 5.70. The summed E-state index contributed by atoms with van der Waals surface area (Å²) in [7, 11) is 0. The predicted molar refractivity (Wildman–Crippen MR) is 69.7 cm³/mol. The molecule has 1 aromatic rings. The molecule has 2 heteroatoms. The number of benzene rings is 1. The van der Waals surface area contributed by atoms with Gasteiger partial charge in [-0.15, -0.1) is 12.1 Å². The summed E-state index contributed by atoms with van der Waals surface area (Å²) in [6, 6.07) is 4.33. The van der Waals surface area contributed by atoms with Gasteiger partial charge in [-0.1, -0.05) is 20.8 Å². The van der Waals surface area contributed by atoms with E-state index in [1.165, 1.54) is 11.1 Å². The van der Waals surface area contributed by atoms with Crippen molar-refractivity contribution >= 4 is 0 Å². The average molecular weight is 307 g/mol. The van der Waals surface area contributed by atoms with Crippen LogP contribution in [0.5, 0.6) is 5.75 Å². The van der Waals surface area contributed by atoms with Crippen molar-refractivity contribution in [2.75, 3.05) is 6.61 Å². The van der Waals surface area contributed by atoms with E-state index in [2.05, 4.69) is 39.8 Å². The molecule has 1 aliphatic rings. The Morgan fingerprint density at radius 2 is 2.00 bits per heavy atom. The van der Waals surface area contributed by atoms with Crippen molar-refractivity contribution in [3.63, 3.8) is 0 Å². The fourth-order valence-corrected chi connectivity index (χ4v) is 2.31. The third-order valence-corrected chi connectivity index (χ3v) is 3.36. The van der Waals surface area contributed by atoms with Crippen LogP contribution in [0.2, 0.25) is 0 Å². The van der Waals surface area contributed by atoms with Gasteiger partial charge in [0.25, 0.3) is 0 Å². The fraction of sp³-hybridized carbons (Fsp3) is 0.467. The van der Waals surface area contributed by atoms with Gasteiger partial charge < -0.3 is 12.2 Å². The summed E-state index contributed by atoms with van der Waals surface area (Å²) >= 11 is 0. The zero-order valence-electron chi connectivity index (χ0n) is 11.4. The van der Waals surface area contributed by atoms with E-state index >= 15 is 0 Å². The molecule has 1 unspecified atom stereocenters. The second-order valence-electron chi connectivity index (χ2n) is 4.80. The molecule has 0 bridgehead atoms. The number of rotatable bonds is 1. The predicted octanol–water partition coefficient (Wildman–Crippen LogP) is 4.15. The Hall–Kier alpha value is -0.00610. The number of hydrogen-bond acceptors (Lipinski definition) is 1. The Morgan fingerprint density at radius 3 is 2.59 bits per heavy atom. The number of aryl methyl sites for hydroxylation is 1. The van der Waals surface area contributed by atoms with Gasteiger partial charge in [-0.25, -0.2) is 0 Å². The van der Waals surface area contributed by atoms with E-state index in [0.717, 1.165) is 24.3 Å². The summed E-state index contributed by atoms with van der Waals surface area (Å²) < 4.78 is 5.70. The van der Waals surface area contributed by atoms with Gasteiger partial charge >= 0.3 is 0 Å². The summed E-state index contributed by atoms with van der Waals surface area (Å²) in [4.78, 5) is 0. The summed E-state index contributed by atoms with van der Waals surface area (Å²) in [6.45, 7) is 11.6. The van der Waals surface area contributed by atoms with Crippen molar-refractivity contribution in [2.24, 2.45) is 5.92 Å². The molecule has 1 aromatic carbocycles. The molecular weight excluding hydrogens is 285 g/mol. The molecule has 0 aromatic heterocycles. The van der Waals surface area contributed by atoms with Crippen LogP contribution < -0.4 is 4.74 Å². The Bertz CT molecular complexity index is 371. The van der Waals surface area contributed by atoms with Gasteiger partial charge in [-0.2, -0.15) is 18.1 Å². The normalized spacial score (nSPS) is 17.5. The van der Waals surface area contributed by atoms with Gasteiger partial charge in [0, 0.05) is 32.7 Å². The Kier molecular flexibility index (Phi) is 6.80. The Labute approximate surface area is 131 Å². The van der Waals surface area contributed by atoms with E-state index < -0.39 is 0 Å². The van der Waals surface area contributed by atoms with Gasteiger partial charge in [-0.3, -0.25) is 0 Å². The summed E-state index contributed by atoms with van der Waals surface area (Å²) in [5.74, 6) is 2.38. The minimum Gasteiger partial charge on any atom is -0.506 e. The Balaban J connectivity index is 0.00000128. The standard InChI is InChI=1S/C14H19O.CH3.Y/c1-9(2)12-5-6-15-14-8-11(4)10(3)7-13(12)14;;/h7-9,12H,4-6H2,1-3H3;1H3;/q2*-1;. The number of fused-ring (bicyclic) bond motifs is 1. The van der Waals surface area contributed by atoms with Crippen molar-refractivity contribution in [1.82, 2.24) is 0 Å². The first-order valence-electron chi connectivity index (χ1n) is 5.69. The van der Waals surface area contributed by atoms with Crippen LogP contribution in [-0.2, 0) is 32.7 Å². The second-order valence-corrected chi connectivity index (χ2v) is 4.80. The SMILES string of the molecule is [CH2-]c1cc2c(cc1C)C(C(C)C)CCO2.[CH3-].[Y]. The van der Waals surface area contributed by atoms with Crippen molar-refractivity contribution in [3.05, 3.63) is 43.2 Å². The summed E-state index contributed by atoms with van der Waals surface area (Å²) in [5, 5.41) is 0. The number of ether oxygens (including phenoxy) is 1. The molecule has 0 amide bonds. The van der Waals surface area contributed by atoms with Crippen LogP contribution in [0.25, 0.3) is 0 Å². The van der Waals surface area contributed by atoms with Crippen LogP contribution in [-0.4, -0.2) is 6.61 Å². The smallest absolute Gasteiger partial charge is 0.0872 e.